The summed E-state index contributed by atoms with van der Waals surface area (Å²) in [5.74, 6) is 0.482. The van der Waals surface area contributed by atoms with Crippen molar-refractivity contribution in [2.45, 2.75) is 6.92 Å². The fourth-order valence-corrected chi connectivity index (χ4v) is 2.87. The van der Waals surface area contributed by atoms with Crippen LogP contribution in [0.15, 0.2) is 54.8 Å². The standard InChI is InChI=1S/C23H23NO5/c1-5-12-27-21(25)14-28-19-11-10-18-22(26)20(29-23(18)15(19)2)13-16-6-8-17(9-7-16)24(3)4/h5-11,13H,1,12,14H2,2-4H3/b20-13-. The number of anilines is 1. The zero-order chi connectivity index (χ0) is 21.0. The van der Waals surface area contributed by atoms with Gasteiger partial charge in [0.1, 0.15) is 18.1 Å². The molecule has 0 aromatic heterocycles. The van der Waals surface area contributed by atoms with Gasteiger partial charge in [-0.25, -0.2) is 4.79 Å². The molecule has 0 amide bonds. The first-order valence-electron chi connectivity index (χ1n) is 9.15. The van der Waals surface area contributed by atoms with Gasteiger partial charge in [0.2, 0.25) is 5.78 Å². The van der Waals surface area contributed by atoms with Gasteiger partial charge in [-0.1, -0.05) is 24.8 Å². The highest BCUT2D eigenvalue weighted by Crippen LogP contribution is 2.39. The number of ether oxygens (including phenoxy) is 3. The summed E-state index contributed by atoms with van der Waals surface area (Å²) in [6.45, 7) is 5.17. The lowest BCUT2D eigenvalue weighted by atomic mass is 10.1. The van der Waals surface area contributed by atoms with Crippen molar-refractivity contribution in [3.63, 3.8) is 0 Å². The second kappa shape index (κ2) is 8.65. The van der Waals surface area contributed by atoms with Crippen LogP contribution in [0.4, 0.5) is 5.69 Å². The average molecular weight is 393 g/mol. The van der Waals surface area contributed by atoms with Gasteiger partial charge in [-0.2, -0.15) is 0 Å². The van der Waals surface area contributed by atoms with Crippen LogP contribution >= 0.6 is 0 Å². The van der Waals surface area contributed by atoms with E-state index in [1.54, 1.807) is 25.1 Å². The molecule has 150 valence electrons. The fourth-order valence-electron chi connectivity index (χ4n) is 2.87. The lowest BCUT2D eigenvalue weighted by Gasteiger charge is -2.12. The Hall–Kier alpha value is -3.54. The molecule has 1 heterocycles. The third kappa shape index (κ3) is 4.48. The number of nitrogens with zero attached hydrogens (tertiary/aromatic N) is 1. The number of rotatable bonds is 7. The van der Waals surface area contributed by atoms with Crippen molar-refractivity contribution in [2.24, 2.45) is 0 Å². The molecule has 0 N–H and O–H groups in total. The van der Waals surface area contributed by atoms with Crippen molar-refractivity contribution in [1.82, 2.24) is 0 Å². The zero-order valence-electron chi connectivity index (χ0n) is 16.7. The maximum Gasteiger partial charge on any atom is 0.344 e. The smallest absolute Gasteiger partial charge is 0.344 e. The van der Waals surface area contributed by atoms with Gasteiger partial charge >= 0.3 is 5.97 Å². The largest absolute Gasteiger partial charge is 0.481 e. The molecular formula is C23H23NO5. The number of benzene rings is 2. The maximum atomic E-state index is 12.7. The molecule has 6 nitrogen and oxygen atoms in total. The molecule has 0 aliphatic carbocycles. The van der Waals surface area contributed by atoms with Crippen molar-refractivity contribution >= 4 is 23.5 Å². The number of hydrogen-bond acceptors (Lipinski definition) is 6. The number of hydrogen-bond donors (Lipinski definition) is 0. The van der Waals surface area contributed by atoms with E-state index in [4.69, 9.17) is 14.2 Å². The number of allylic oxidation sites excluding steroid dienone is 1. The van der Waals surface area contributed by atoms with E-state index in [1.165, 1.54) is 6.08 Å². The molecule has 1 aliphatic rings. The molecule has 6 heteroatoms. The summed E-state index contributed by atoms with van der Waals surface area (Å²) in [4.78, 5) is 26.3. The molecule has 3 rings (SSSR count). The van der Waals surface area contributed by atoms with Crippen LogP contribution in [-0.2, 0) is 9.53 Å². The van der Waals surface area contributed by atoms with Crippen LogP contribution < -0.4 is 14.4 Å². The average Bonchev–Trinajstić information content (AvgIpc) is 3.02. The molecule has 2 aromatic rings. The van der Waals surface area contributed by atoms with Crippen LogP contribution in [0, 0.1) is 6.92 Å². The summed E-state index contributed by atoms with van der Waals surface area (Å²) in [6.07, 6.45) is 3.20. The van der Waals surface area contributed by atoms with Gasteiger partial charge in [-0.05, 0) is 42.8 Å². The quantitative estimate of drug-likeness (QED) is 0.405. The Morgan fingerprint density at radius 3 is 2.55 bits per heavy atom. The van der Waals surface area contributed by atoms with E-state index < -0.39 is 5.97 Å². The van der Waals surface area contributed by atoms with Gasteiger partial charge in [-0.15, -0.1) is 0 Å². The van der Waals surface area contributed by atoms with Crippen molar-refractivity contribution in [2.75, 3.05) is 32.2 Å². The van der Waals surface area contributed by atoms with Crippen LogP contribution in [0.2, 0.25) is 0 Å². The van der Waals surface area contributed by atoms with Crippen LogP contribution in [-0.4, -0.2) is 39.1 Å². The molecule has 1 aliphatic heterocycles. The highest BCUT2D eigenvalue weighted by Gasteiger charge is 2.30. The molecule has 0 unspecified atom stereocenters. The maximum absolute atomic E-state index is 12.7. The molecule has 0 atom stereocenters. The minimum absolute atomic E-state index is 0.132. The Morgan fingerprint density at radius 2 is 1.90 bits per heavy atom. The molecule has 2 aromatic carbocycles. The fraction of sp³-hybridized carbons (Fsp3) is 0.217. The van der Waals surface area contributed by atoms with E-state index in [2.05, 4.69) is 6.58 Å². The molecule has 0 saturated carbocycles. The highest BCUT2D eigenvalue weighted by molar-refractivity contribution is 6.15. The minimum atomic E-state index is -0.497. The third-order valence-corrected chi connectivity index (χ3v) is 4.45. The predicted octanol–water partition coefficient (Wildman–Crippen LogP) is 3.79. The number of esters is 1. The first-order chi connectivity index (χ1) is 13.9. The second-order valence-electron chi connectivity index (χ2n) is 6.75. The van der Waals surface area contributed by atoms with Crippen LogP contribution in [0.5, 0.6) is 11.5 Å². The summed E-state index contributed by atoms with van der Waals surface area (Å²) in [7, 11) is 3.94. The first kappa shape index (κ1) is 20.2. The molecule has 0 radical (unpaired) electrons. The highest BCUT2D eigenvalue weighted by atomic mass is 16.6. The number of carbonyl (C=O) groups excluding carboxylic acids is 2. The van der Waals surface area contributed by atoms with Crippen LogP contribution in [0.25, 0.3) is 6.08 Å². The number of Topliss-reactive ketones (excluding diaryl/α,β-unsaturated/α-hetero) is 1. The molecule has 0 spiro atoms. The van der Waals surface area contributed by atoms with Gasteiger partial charge in [0.25, 0.3) is 0 Å². The van der Waals surface area contributed by atoms with Gasteiger partial charge in [0.15, 0.2) is 12.4 Å². The monoisotopic (exact) mass is 393 g/mol. The summed E-state index contributed by atoms with van der Waals surface area (Å²) < 4.78 is 16.2. The Balaban J connectivity index is 1.77. The Morgan fingerprint density at radius 1 is 1.17 bits per heavy atom. The molecule has 0 bridgehead atoms. The van der Waals surface area contributed by atoms with E-state index in [0.29, 0.717) is 22.6 Å². The first-order valence-corrected chi connectivity index (χ1v) is 9.15. The van der Waals surface area contributed by atoms with Crippen molar-refractivity contribution in [3.05, 3.63) is 71.5 Å². The third-order valence-electron chi connectivity index (χ3n) is 4.45. The Bertz CT molecular complexity index is 974. The van der Waals surface area contributed by atoms with E-state index >= 15 is 0 Å². The van der Waals surface area contributed by atoms with Crippen molar-refractivity contribution in [3.8, 4) is 11.5 Å². The number of fused-ring (bicyclic) bond motifs is 1. The molecule has 0 fully saturated rings. The van der Waals surface area contributed by atoms with Crippen molar-refractivity contribution in [1.29, 1.82) is 0 Å². The summed E-state index contributed by atoms with van der Waals surface area (Å²) in [5, 5.41) is 0. The van der Waals surface area contributed by atoms with Crippen LogP contribution in [0.1, 0.15) is 21.5 Å². The van der Waals surface area contributed by atoms with Crippen LogP contribution in [0.3, 0.4) is 0 Å². The van der Waals surface area contributed by atoms with Gasteiger partial charge < -0.3 is 19.1 Å². The molecule has 0 saturated heterocycles. The Kier molecular flexibility index (Phi) is 6.02. The SMILES string of the molecule is C=CCOC(=O)COc1ccc2c(c1C)O/C(=C\c1ccc(N(C)C)cc1)C2=O. The predicted molar refractivity (Wildman–Crippen MR) is 112 cm³/mol. The number of carbonyl (C=O) groups is 2. The van der Waals surface area contributed by atoms with E-state index in [-0.39, 0.29) is 24.8 Å². The van der Waals surface area contributed by atoms with Gasteiger partial charge in [0.05, 0.1) is 5.56 Å². The Labute approximate surface area is 170 Å². The van der Waals surface area contributed by atoms with Gasteiger partial charge in [-0.3, -0.25) is 4.79 Å². The lowest BCUT2D eigenvalue weighted by Crippen LogP contribution is -2.15. The van der Waals surface area contributed by atoms with E-state index in [0.717, 1.165) is 11.3 Å². The van der Waals surface area contributed by atoms with Gasteiger partial charge in [0, 0.05) is 25.3 Å². The van der Waals surface area contributed by atoms with Crippen molar-refractivity contribution < 1.29 is 23.8 Å². The zero-order valence-corrected chi connectivity index (χ0v) is 16.7. The van der Waals surface area contributed by atoms with E-state index in [1.807, 2.05) is 43.3 Å². The normalized spacial score (nSPS) is 13.6. The lowest BCUT2D eigenvalue weighted by molar-refractivity contribution is -0.144. The summed E-state index contributed by atoms with van der Waals surface area (Å²) >= 11 is 0. The summed E-state index contributed by atoms with van der Waals surface area (Å²) in [6, 6.07) is 11.1. The van der Waals surface area contributed by atoms with E-state index in [9.17, 15) is 9.59 Å². The summed E-state index contributed by atoms with van der Waals surface area (Å²) in [5.41, 5.74) is 3.06. The molecule has 29 heavy (non-hydrogen) atoms. The molecular weight excluding hydrogens is 370 g/mol. The minimum Gasteiger partial charge on any atom is -0.481 e. The topological polar surface area (TPSA) is 65.1 Å². The number of ketones is 1. The second-order valence-corrected chi connectivity index (χ2v) is 6.75.